The van der Waals surface area contributed by atoms with Gasteiger partial charge in [-0.05, 0) is 18.2 Å². The molecule has 0 aliphatic rings. The van der Waals surface area contributed by atoms with Crippen molar-refractivity contribution in [1.29, 1.82) is 0 Å². The zero-order valence-electron chi connectivity index (χ0n) is 10.1. The number of thiazole rings is 1. The summed E-state index contributed by atoms with van der Waals surface area (Å²) in [5.74, 6) is 0.324. The van der Waals surface area contributed by atoms with Gasteiger partial charge < -0.3 is 10.1 Å². The Balaban J connectivity index is 2.06. The molecular weight excluding hydrogens is 329 g/mol. The second-order valence-electron chi connectivity index (χ2n) is 3.78. The molecule has 0 amide bonds. The molecule has 1 heterocycles. The number of hydrogen-bond acceptors (Lipinski definition) is 4. The van der Waals surface area contributed by atoms with E-state index in [2.05, 4.69) is 10.3 Å². The fourth-order valence-corrected chi connectivity index (χ4v) is 2.56. The maximum Gasteiger partial charge on any atom is 0.272 e. The van der Waals surface area contributed by atoms with Gasteiger partial charge in [0, 0.05) is 16.1 Å². The van der Waals surface area contributed by atoms with Crippen molar-refractivity contribution in [2.75, 3.05) is 11.9 Å². The van der Waals surface area contributed by atoms with Crippen molar-refractivity contribution in [1.82, 2.24) is 4.98 Å². The van der Waals surface area contributed by atoms with E-state index in [9.17, 15) is 8.78 Å². The molecule has 0 bridgehead atoms. The van der Waals surface area contributed by atoms with Gasteiger partial charge in [0.25, 0.3) is 6.43 Å². The molecule has 0 radical (unpaired) electrons. The second-order valence-corrected chi connectivity index (χ2v) is 5.91. The van der Waals surface area contributed by atoms with Gasteiger partial charge in [-0.25, -0.2) is 13.8 Å². The molecule has 0 saturated heterocycles. The molecule has 1 aromatic heterocycles. The van der Waals surface area contributed by atoms with Gasteiger partial charge in [0.05, 0.1) is 12.2 Å². The molecule has 0 spiro atoms. The molecule has 2 aromatic rings. The third-order valence-corrected chi connectivity index (χ3v) is 3.63. The van der Waals surface area contributed by atoms with E-state index in [0.717, 1.165) is 4.88 Å². The Kier molecular flexibility index (Phi) is 5.39. The molecule has 8 heteroatoms. The van der Waals surface area contributed by atoms with Crippen LogP contribution in [0.5, 0.6) is 5.75 Å². The summed E-state index contributed by atoms with van der Waals surface area (Å²) < 4.78 is 29.9. The Labute approximate surface area is 128 Å². The van der Waals surface area contributed by atoms with Crippen LogP contribution in [0.2, 0.25) is 9.49 Å². The molecule has 0 aliphatic carbocycles. The number of halogens is 4. The van der Waals surface area contributed by atoms with Crippen LogP contribution in [-0.4, -0.2) is 18.0 Å². The molecule has 2 rings (SSSR count). The number of nitrogens with zero attached hydrogens (tertiary/aromatic N) is 1. The van der Waals surface area contributed by atoms with E-state index < -0.39 is 13.0 Å². The van der Waals surface area contributed by atoms with Crippen LogP contribution in [0.3, 0.4) is 0 Å². The highest BCUT2D eigenvalue weighted by molar-refractivity contribution is 7.15. The van der Waals surface area contributed by atoms with Crippen LogP contribution in [0.25, 0.3) is 0 Å². The lowest BCUT2D eigenvalue weighted by Crippen LogP contribution is -2.09. The fraction of sp³-hybridized carbons (Fsp3) is 0.250. The number of hydrogen-bond donors (Lipinski definition) is 1. The number of benzene rings is 1. The monoisotopic (exact) mass is 338 g/mol. The zero-order valence-corrected chi connectivity index (χ0v) is 12.4. The predicted molar refractivity (Wildman–Crippen MR) is 77.4 cm³/mol. The lowest BCUT2D eigenvalue weighted by Gasteiger charge is -2.13. The summed E-state index contributed by atoms with van der Waals surface area (Å²) in [6.45, 7) is -0.210. The third kappa shape index (κ3) is 4.47. The van der Waals surface area contributed by atoms with E-state index in [1.165, 1.54) is 11.3 Å². The van der Waals surface area contributed by atoms with Crippen LogP contribution in [0.1, 0.15) is 4.88 Å². The fourth-order valence-electron chi connectivity index (χ4n) is 1.47. The first-order valence-electron chi connectivity index (χ1n) is 5.59. The molecule has 3 nitrogen and oxygen atoms in total. The van der Waals surface area contributed by atoms with E-state index in [4.69, 9.17) is 27.9 Å². The summed E-state index contributed by atoms with van der Waals surface area (Å²) in [5.41, 5.74) is 0.544. The molecular formula is C12H10Cl2F2N2OS. The highest BCUT2D eigenvalue weighted by atomic mass is 35.5. The van der Waals surface area contributed by atoms with Gasteiger partial charge in [-0.15, -0.1) is 11.3 Å². The number of ether oxygens (including phenoxy) is 1. The molecule has 108 valence electrons. The molecule has 0 unspecified atom stereocenters. The van der Waals surface area contributed by atoms with Gasteiger partial charge in [0.2, 0.25) is 0 Å². The summed E-state index contributed by atoms with van der Waals surface area (Å²) in [7, 11) is 0. The van der Waals surface area contributed by atoms with Crippen molar-refractivity contribution in [3.8, 4) is 5.75 Å². The number of alkyl halides is 2. The quantitative estimate of drug-likeness (QED) is 0.828. The van der Waals surface area contributed by atoms with Crippen LogP contribution in [0.4, 0.5) is 14.5 Å². The van der Waals surface area contributed by atoms with E-state index >= 15 is 0 Å². The molecule has 1 N–H and O–H groups in total. The maximum atomic E-state index is 12.2. The standard InChI is InChI=1S/C12H10Cl2F2N2OS/c13-7-1-2-10(19-6-11(15)16)9(3-7)17-4-8-5-18-12(14)20-8/h1-3,5,11,17H,4,6H2. The molecule has 1 aromatic carbocycles. The lowest BCUT2D eigenvalue weighted by atomic mass is 10.3. The van der Waals surface area contributed by atoms with Crippen LogP contribution >= 0.6 is 34.5 Å². The number of anilines is 1. The smallest absolute Gasteiger partial charge is 0.272 e. The molecule has 0 aliphatic heterocycles. The minimum atomic E-state index is -2.53. The normalized spacial score (nSPS) is 10.8. The molecule has 0 fully saturated rings. The minimum absolute atomic E-state index is 0.324. The van der Waals surface area contributed by atoms with Crippen LogP contribution in [-0.2, 0) is 6.54 Å². The van der Waals surface area contributed by atoms with Crippen molar-refractivity contribution in [3.05, 3.63) is 38.8 Å². The largest absolute Gasteiger partial charge is 0.485 e. The second kappa shape index (κ2) is 7.06. The first kappa shape index (κ1) is 15.3. The molecule has 20 heavy (non-hydrogen) atoms. The van der Waals surface area contributed by atoms with Crippen molar-refractivity contribution in [3.63, 3.8) is 0 Å². The van der Waals surface area contributed by atoms with Crippen molar-refractivity contribution < 1.29 is 13.5 Å². The van der Waals surface area contributed by atoms with E-state index in [-0.39, 0.29) is 0 Å². The highest BCUT2D eigenvalue weighted by Gasteiger charge is 2.09. The van der Waals surface area contributed by atoms with E-state index in [0.29, 0.717) is 27.5 Å². The van der Waals surface area contributed by atoms with Gasteiger partial charge in [-0.1, -0.05) is 23.2 Å². The van der Waals surface area contributed by atoms with Crippen LogP contribution < -0.4 is 10.1 Å². The Morgan fingerprint density at radius 2 is 2.15 bits per heavy atom. The van der Waals surface area contributed by atoms with Gasteiger partial charge in [-0.2, -0.15) is 0 Å². The summed E-state index contributed by atoms with van der Waals surface area (Å²) in [4.78, 5) is 4.83. The summed E-state index contributed by atoms with van der Waals surface area (Å²) in [6.07, 6.45) is -0.886. The van der Waals surface area contributed by atoms with Gasteiger partial charge in [-0.3, -0.25) is 0 Å². The number of nitrogens with one attached hydrogen (secondary N) is 1. The van der Waals surface area contributed by atoms with Crippen LogP contribution in [0, 0.1) is 0 Å². The first-order chi connectivity index (χ1) is 9.54. The van der Waals surface area contributed by atoms with Gasteiger partial charge in [0.15, 0.2) is 4.47 Å². The topological polar surface area (TPSA) is 34.1 Å². The summed E-state index contributed by atoms with van der Waals surface area (Å²) >= 11 is 13.0. The van der Waals surface area contributed by atoms with E-state index in [1.54, 1.807) is 24.4 Å². The van der Waals surface area contributed by atoms with Crippen molar-refractivity contribution in [2.45, 2.75) is 13.0 Å². The Bertz CT molecular complexity index is 580. The number of rotatable bonds is 6. The average molecular weight is 339 g/mol. The van der Waals surface area contributed by atoms with Gasteiger partial charge >= 0.3 is 0 Å². The lowest BCUT2D eigenvalue weighted by molar-refractivity contribution is 0.0822. The Morgan fingerprint density at radius 1 is 1.35 bits per heavy atom. The Morgan fingerprint density at radius 3 is 2.80 bits per heavy atom. The van der Waals surface area contributed by atoms with Crippen molar-refractivity contribution >= 4 is 40.2 Å². The maximum absolute atomic E-state index is 12.2. The minimum Gasteiger partial charge on any atom is -0.485 e. The SMILES string of the molecule is FC(F)COc1ccc(Cl)cc1NCc1cnc(Cl)s1. The summed E-state index contributed by atoms with van der Waals surface area (Å²) in [6, 6.07) is 4.74. The predicted octanol–water partition coefficient (Wildman–Crippen LogP) is 4.71. The zero-order chi connectivity index (χ0) is 14.5. The summed E-state index contributed by atoms with van der Waals surface area (Å²) in [5, 5.41) is 3.55. The van der Waals surface area contributed by atoms with Crippen LogP contribution in [0.15, 0.2) is 24.4 Å². The molecule has 0 saturated carbocycles. The number of aromatic nitrogens is 1. The average Bonchev–Trinajstić information content (AvgIpc) is 2.81. The highest BCUT2D eigenvalue weighted by Crippen LogP contribution is 2.29. The Hall–Kier alpha value is -1.11. The third-order valence-electron chi connectivity index (χ3n) is 2.28. The van der Waals surface area contributed by atoms with Gasteiger partial charge in [0.1, 0.15) is 12.4 Å². The first-order valence-corrected chi connectivity index (χ1v) is 7.16. The van der Waals surface area contributed by atoms with Crippen molar-refractivity contribution in [2.24, 2.45) is 0 Å². The van der Waals surface area contributed by atoms with E-state index in [1.807, 2.05) is 0 Å². The molecule has 0 atom stereocenters.